The molecule has 1 aliphatic heterocycles. The van der Waals surface area contributed by atoms with Crippen molar-refractivity contribution in [1.29, 1.82) is 0 Å². The molecule has 2 N–H and O–H groups in total. The highest BCUT2D eigenvalue weighted by atomic mass is 35.5. The lowest BCUT2D eigenvalue weighted by molar-refractivity contribution is -0.384. The zero-order chi connectivity index (χ0) is 26.8. The number of hydrogen-bond acceptors (Lipinski definition) is 7. The Labute approximate surface area is 215 Å². The Balaban J connectivity index is 1.97. The summed E-state index contributed by atoms with van der Waals surface area (Å²) in [5.41, 5.74) is -0.156. The molecule has 15 heteroatoms. The molecule has 0 aliphatic carbocycles. The molecule has 1 aliphatic rings. The summed E-state index contributed by atoms with van der Waals surface area (Å²) in [7, 11) is -3.98. The lowest BCUT2D eigenvalue weighted by Gasteiger charge is -2.29. The third kappa shape index (κ3) is 6.10. The van der Waals surface area contributed by atoms with Crippen molar-refractivity contribution in [2.45, 2.75) is 18.6 Å². The van der Waals surface area contributed by atoms with Gasteiger partial charge in [-0.05, 0) is 23.8 Å². The van der Waals surface area contributed by atoms with E-state index in [1.165, 1.54) is 36.4 Å². The fourth-order valence-electron chi connectivity index (χ4n) is 3.76. The Bertz CT molecular complexity index is 1340. The molecule has 2 atom stereocenters. The van der Waals surface area contributed by atoms with Crippen LogP contribution in [0.25, 0.3) is 0 Å². The molecule has 0 spiro atoms. The van der Waals surface area contributed by atoms with Crippen LogP contribution in [-0.4, -0.2) is 70.9 Å². The minimum absolute atomic E-state index is 0.0540. The van der Waals surface area contributed by atoms with Crippen LogP contribution in [0.5, 0.6) is 0 Å². The summed E-state index contributed by atoms with van der Waals surface area (Å²) in [5.74, 6) is -3.00. The number of carbonyl (C=O) groups is 3. The molecule has 2 unspecified atom stereocenters. The van der Waals surface area contributed by atoms with Gasteiger partial charge in [-0.25, -0.2) is 8.42 Å². The van der Waals surface area contributed by atoms with Crippen molar-refractivity contribution in [1.82, 2.24) is 14.5 Å². The number of sulfonamides is 1. The van der Waals surface area contributed by atoms with Crippen LogP contribution in [0.3, 0.4) is 0 Å². The van der Waals surface area contributed by atoms with Gasteiger partial charge in [0.1, 0.15) is 0 Å². The zero-order valence-electron chi connectivity index (χ0n) is 18.6. The van der Waals surface area contributed by atoms with Crippen LogP contribution in [0.4, 0.5) is 5.69 Å². The van der Waals surface area contributed by atoms with Gasteiger partial charge in [0.2, 0.25) is 10.0 Å². The number of carbonyl (C=O) groups excluding carboxylic acids is 2. The minimum atomic E-state index is -3.98. The molecule has 1 heterocycles. The third-order valence-corrected chi connectivity index (χ3v) is 7.37. The summed E-state index contributed by atoms with van der Waals surface area (Å²) >= 11 is 11.9. The summed E-state index contributed by atoms with van der Waals surface area (Å²) in [4.78, 5) is 49.5. The highest BCUT2D eigenvalue weighted by molar-refractivity contribution is 7.88. The maximum atomic E-state index is 13.4. The van der Waals surface area contributed by atoms with Gasteiger partial charge in [0, 0.05) is 30.8 Å². The number of nitro groups is 1. The molecule has 12 nitrogen and oxygen atoms in total. The fraction of sp³-hybridized carbons (Fsp3) is 0.286. The van der Waals surface area contributed by atoms with Gasteiger partial charge in [-0.15, -0.1) is 0 Å². The van der Waals surface area contributed by atoms with Crippen LogP contribution < -0.4 is 5.32 Å². The number of carboxylic acids is 1. The highest BCUT2D eigenvalue weighted by Gasteiger charge is 2.45. The second kappa shape index (κ2) is 10.8. The largest absolute Gasteiger partial charge is 0.481 e. The molecule has 192 valence electrons. The number of hydrogen-bond donors (Lipinski definition) is 2. The van der Waals surface area contributed by atoms with Gasteiger partial charge in [-0.1, -0.05) is 35.3 Å². The molecule has 3 rings (SSSR count). The number of halogens is 2. The van der Waals surface area contributed by atoms with E-state index in [0.717, 1.165) is 21.5 Å². The first-order valence-electron chi connectivity index (χ1n) is 10.3. The van der Waals surface area contributed by atoms with E-state index >= 15 is 0 Å². The standard InChI is InChI=1S/C21H20Cl2N4O8S/c1-36(34,35)26-8-7-25(21(31)13-5-6-15(22)16(23)10-13)20(26)19(30)24-17(11-18(28)29)12-3-2-4-14(9-12)27(32)33/h2-6,9-10,17,20H,7-8,11H2,1H3,(H,24,30)(H,28,29). The van der Waals surface area contributed by atoms with Crippen LogP contribution in [0, 0.1) is 10.1 Å². The average molecular weight is 559 g/mol. The van der Waals surface area contributed by atoms with Gasteiger partial charge in [-0.2, -0.15) is 4.31 Å². The maximum absolute atomic E-state index is 13.4. The Morgan fingerprint density at radius 2 is 1.86 bits per heavy atom. The quantitative estimate of drug-likeness (QED) is 0.367. The topological polar surface area (TPSA) is 167 Å². The summed E-state index contributed by atoms with van der Waals surface area (Å²) in [5, 5.41) is 23.2. The van der Waals surface area contributed by atoms with Crippen molar-refractivity contribution in [2.24, 2.45) is 0 Å². The lowest BCUT2D eigenvalue weighted by atomic mass is 10.0. The molecule has 1 saturated heterocycles. The fourth-order valence-corrected chi connectivity index (χ4v) is 5.05. The Hall–Kier alpha value is -3.26. The number of benzene rings is 2. The van der Waals surface area contributed by atoms with Gasteiger partial charge in [-0.3, -0.25) is 24.5 Å². The lowest BCUT2D eigenvalue weighted by Crippen LogP contribution is -2.54. The zero-order valence-corrected chi connectivity index (χ0v) is 21.0. The second-order valence-corrected chi connectivity index (χ2v) is 10.6. The highest BCUT2D eigenvalue weighted by Crippen LogP contribution is 2.27. The van der Waals surface area contributed by atoms with Crippen molar-refractivity contribution in [3.8, 4) is 0 Å². The molecule has 0 saturated carbocycles. The van der Waals surface area contributed by atoms with Crippen LogP contribution in [0.2, 0.25) is 10.0 Å². The molecular weight excluding hydrogens is 539 g/mol. The molecule has 0 bridgehead atoms. The van der Waals surface area contributed by atoms with E-state index in [1.54, 1.807) is 0 Å². The number of aliphatic carboxylic acids is 1. The van der Waals surface area contributed by atoms with E-state index in [0.29, 0.717) is 0 Å². The molecule has 1 fully saturated rings. The second-order valence-electron chi connectivity index (χ2n) is 7.89. The first-order valence-corrected chi connectivity index (χ1v) is 12.9. The number of amides is 2. The Kier molecular flexibility index (Phi) is 8.19. The first-order chi connectivity index (χ1) is 16.8. The van der Waals surface area contributed by atoms with Gasteiger partial charge < -0.3 is 15.3 Å². The molecule has 0 aromatic heterocycles. The van der Waals surface area contributed by atoms with E-state index in [2.05, 4.69) is 5.32 Å². The normalized spacial score (nSPS) is 17.0. The summed E-state index contributed by atoms with van der Waals surface area (Å²) in [6.07, 6.45) is -1.42. The smallest absolute Gasteiger partial charge is 0.305 e. The first kappa shape index (κ1) is 27.3. The van der Waals surface area contributed by atoms with Crippen LogP contribution in [0.15, 0.2) is 42.5 Å². The number of rotatable bonds is 8. The summed E-state index contributed by atoms with van der Waals surface area (Å²) < 4.78 is 25.6. The molecule has 0 radical (unpaired) electrons. The number of nitro benzene ring substituents is 1. The third-order valence-electron chi connectivity index (χ3n) is 5.40. The van der Waals surface area contributed by atoms with Crippen LogP contribution in [0.1, 0.15) is 28.4 Å². The van der Waals surface area contributed by atoms with E-state index in [1.807, 2.05) is 0 Å². The molecule has 36 heavy (non-hydrogen) atoms. The Morgan fingerprint density at radius 3 is 2.44 bits per heavy atom. The van der Waals surface area contributed by atoms with Gasteiger partial charge in [0.15, 0.2) is 6.17 Å². The number of non-ortho nitro benzene ring substituents is 1. The summed E-state index contributed by atoms with van der Waals surface area (Å²) in [6.45, 7) is -0.324. The van der Waals surface area contributed by atoms with Gasteiger partial charge >= 0.3 is 5.97 Å². The van der Waals surface area contributed by atoms with E-state index < -0.39 is 51.4 Å². The predicted octanol–water partition coefficient (Wildman–Crippen LogP) is 2.28. The SMILES string of the molecule is CS(=O)(=O)N1CCN(C(=O)c2ccc(Cl)c(Cl)c2)C1C(=O)NC(CC(=O)O)c1cccc([N+](=O)[O-])c1. The van der Waals surface area contributed by atoms with Crippen LogP contribution in [-0.2, 0) is 19.6 Å². The molecule has 2 aromatic carbocycles. The van der Waals surface area contributed by atoms with E-state index in [4.69, 9.17) is 23.2 Å². The monoisotopic (exact) mass is 558 g/mol. The minimum Gasteiger partial charge on any atom is -0.481 e. The van der Waals surface area contributed by atoms with Crippen LogP contribution >= 0.6 is 23.2 Å². The van der Waals surface area contributed by atoms with Crippen molar-refractivity contribution in [3.05, 3.63) is 73.8 Å². The van der Waals surface area contributed by atoms with Crippen molar-refractivity contribution >= 4 is 56.7 Å². The van der Waals surface area contributed by atoms with E-state index in [9.17, 15) is 38.0 Å². The van der Waals surface area contributed by atoms with Gasteiger partial charge in [0.25, 0.3) is 17.5 Å². The number of nitrogens with zero attached hydrogens (tertiary/aromatic N) is 3. The molecule has 2 amide bonds. The van der Waals surface area contributed by atoms with Crippen molar-refractivity contribution in [3.63, 3.8) is 0 Å². The number of nitrogens with one attached hydrogen (secondary N) is 1. The van der Waals surface area contributed by atoms with Gasteiger partial charge in [0.05, 0.1) is 33.7 Å². The van der Waals surface area contributed by atoms with E-state index in [-0.39, 0.29) is 39.9 Å². The summed E-state index contributed by atoms with van der Waals surface area (Å²) in [6, 6.07) is 7.79. The van der Waals surface area contributed by atoms with Crippen molar-refractivity contribution in [2.75, 3.05) is 19.3 Å². The molecular formula is C21H20Cl2N4O8S. The predicted molar refractivity (Wildman–Crippen MR) is 129 cm³/mol. The number of carboxylic acid groups (broad SMARTS) is 1. The molecule has 2 aromatic rings. The maximum Gasteiger partial charge on any atom is 0.305 e. The van der Waals surface area contributed by atoms with Crippen molar-refractivity contribution < 1.29 is 32.8 Å². The Morgan fingerprint density at radius 1 is 1.17 bits per heavy atom. The average Bonchev–Trinajstić information content (AvgIpc) is 3.26.